The molecule has 0 unspecified atom stereocenters. The quantitative estimate of drug-likeness (QED) is 0.504. The van der Waals surface area contributed by atoms with Crippen LogP contribution in [0.1, 0.15) is 12.8 Å². The third-order valence-corrected chi connectivity index (χ3v) is 1.59. The minimum absolute atomic E-state index is 0.369. The molecule has 0 bridgehead atoms. The van der Waals surface area contributed by atoms with Crippen LogP contribution in [-0.4, -0.2) is 34.2 Å². The van der Waals surface area contributed by atoms with Crippen LogP contribution >= 0.6 is 0 Å². The van der Waals surface area contributed by atoms with E-state index in [1.807, 2.05) is 0 Å². The van der Waals surface area contributed by atoms with Crippen molar-refractivity contribution >= 4 is 22.5 Å². The zero-order valence-corrected chi connectivity index (χ0v) is 6.63. The molecule has 0 amide bonds. The molecule has 0 aliphatic heterocycles. The number of unbranched alkanes of at least 4 members (excludes halogenated alkanes) is 1. The van der Waals surface area contributed by atoms with Gasteiger partial charge in [-0.3, -0.25) is 0 Å². The SMILES string of the molecule is OCCC[CH2][Sn]. The van der Waals surface area contributed by atoms with Crippen molar-refractivity contribution in [1.29, 1.82) is 0 Å². The predicted octanol–water partition coefficient (Wildman–Crippen LogP) is 0.346. The molecular weight excluding hydrogens is 183 g/mol. The molecule has 0 atom stereocenters. The summed E-state index contributed by atoms with van der Waals surface area (Å²) in [5.41, 5.74) is 0. The molecule has 0 aliphatic rings. The molecule has 0 rings (SSSR count). The molecule has 3 radical (unpaired) electrons. The summed E-state index contributed by atoms with van der Waals surface area (Å²) >= 11 is 1.58. The molecule has 1 nitrogen and oxygen atoms in total. The van der Waals surface area contributed by atoms with Crippen molar-refractivity contribution in [2.24, 2.45) is 0 Å². The summed E-state index contributed by atoms with van der Waals surface area (Å²) < 4.78 is 1.28. The third kappa shape index (κ3) is 4.76. The molecule has 0 aromatic rings. The average Bonchev–Trinajstić information content (AvgIpc) is 1.61. The Morgan fingerprint density at radius 3 is 2.17 bits per heavy atom. The van der Waals surface area contributed by atoms with E-state index in [2.05, 4.69) is 0 Å². The normalized spacial score (nSPS) is 9.00. The standard InChI is InChI=1S/C4H9O.Sn/c1-2-3-4-5;/h5H,1-4H2;. The molecule has 0 fully saturated rings. The van der Waals surface area contributed by atoms with Crippen LogP contribution in [0.25, 0.3) is 0 Å². The van der Waals surface area contributed by atoms with E-state index >= 15 is 0 Å². The first kappa shape index (κ1) is 6.76. The molecule has 0 spiro atoms. The number of hydrogen-bond donors (Lipinski definition) is 1. The fraction of sp³-hybridized carbons (Fsp3) is 1.00. The monoisotopic (exact) mass is 193 g/mol. The van der Waals surface area contributed by atoms with Gasteiger partial charge < -0.3 is 0 Å². The van der Waals surface area contributed by atoms with Gasteiger partial charge in [-0.25, -0.2) is 0 Å². The Bertz CT molecular complexity index is 19.5. The third-order valence-electron chi connectivity index (χ3n) is 0.585. The van der Waals surface area contributed by atoms with Gasteiger partial charge in [-0.15, -0.1) is 0 Å². The molecular formula is C4H9OSn. The molecule has 0 heterocycles. The Hall–Kier alpha value is 0.759. The van der Waals surface area contributed by atoms with Crippen molar-refractivity contribution in [3.63, 3.8) is 0 Å². The molecule has 35 valence electrons. The van der Waals surface area contributed by atoms with Gasteiger partial charge in [0.25, 0.3) is 0 Å². The van der Waals surface area contributed by atoms with Gasteiger partial charge in [-0.2, -0.15) is 0 Å². The average molecular weight is 192 g/mol. The van der Waals surface area contributed by atoms with E-state index in [0.717, 1.165) is 6.42 Å². The van der Waals surface area contributed by atoms with Crippen LogP contribution in [0.15, 0.2) is 0 Å². The summed E-state index contributed by atoms with van der Waals surface area (Å²) in [6, 6.07) is 0. The second-order valence-electron chi connectivity index (χ2n) is 1.18. The van der Waals surface area contributed by atoms with Gasteiger partial charge >= 0.3 is 51.5 Å². The van der Waals surface area contributed by atoms with Gasteiger partial charge in [0.1, 0.15) is 0 Å². The Morgan fingerprint density at radius 2 is 2.00 bits per heavy atom. The fourth-order valence-corrected chi connectivity index (χ4v) is 0.950. The van der Waals surface area contributed by atoms with Crippen molar-refractivity contribution in [1.82, 2.24) is 0 Å². The molecule has 0 aliphatic carbocycles. The fourth-order valence-electron chi connectivity index (χ4n) is 0.237. The Morgan fingerprint density at radius 1 is 1.33 bits per heavy atom. The summed E-state index contributed by atoms with van der Waals surface area (Å²) in [5.74, 6) is 0. The van der Waals surface area contributed by atoms with Crippen molar-refractivity contribution in [2.75, 3.05) is 6.61 Å². The first-order valence-corrected chi connectivity index (χ1v) is 4.19. The second-order valence-corrected chi connectivity index (χ2v) is 2.61. The number of hydrogen-bond acceptors (Lipinski definition) is 1. The van der Waals surface area contributed by atoms with Crippen LogP contribution in [0.4, 0.5) is 0 Å². The summed E-state index contributed by atoms with van der Waals surface area (Å²) in [6.45, 7) is 0.369. The van der Waals surface area contributed by atoms with Gasteiger partial charge in [0.15, 0.2) is 0 Å². The molecule has 0 aromatic heterocycles. The van der Waals surface area contributed by atoms with E-state index in [-0.39, 0.29) is 0 Å². The Balaban J connectivity index is 2.34. The zero-order chi connectivity index (χ0) is 4.83. The van der Waals surface area contributed by atoms with Gasteiger partial charge in [0, 0.05) is 0 Å². The van der Waals surface area contributed by atoms with Gasteiger partial charge in [-0.1, -0.05) is 0 Å². The van der Waals surface area contributed by atoms with E-state index in [1.165, 1.54) is 10.9 Å². The minimum atomic E-state index is 0.369. The summed E-state index contributed by atoms with van der Waals surface area (Å²) in [6.07, 6.45) is 2.19. The van der Waals surface area contributed by atoms with Gasteiger partial charge in [0.05, 0.1) is 0 Å². The van der Waals surface area contributed by atoms with E-state index < -0.39 is 0 Å². The summed E-state index contributed by atoms with van der Waals surface area (Å²) in [5, 5.41) is 8.21. The van der Waals surface area contributed by atoms with Crippen LogP contribution in [0, 0.1) is 0 Å². The summed E-state index contributed by atoms with van der Waals surface area (Å²) in [7, 11) is 0. The maximum atomic E-state index is 8.21. The van der Waals surface area contributed by atoms with Gasteiger partial charge in [0.2, 0.25) is 0 Å². The van der Waals surface area contributed by atoms with E-state index in [0.29, 0.717) is 6.61 Å². The second kappa shape index (κ2) is 5.76. The van der Waals surface area contributed by atoms with Crippen LogP contribution in [0.3, 0.4) is 0 Å². The zero-order valence-electron chi connectivity index (χ0n) is 3.78. The van der Waals surface area contributed by atoms with Crippen LogP contribution < -0.4 is 0 Å². The summed E-state index contributed by atoms with van der Waals surface area (Å²) in [4.78, 5) is 0. The van der Waals surface area contributed by atoms with Crippen LogP contribution in [0.2, 0.25) is 4.44 Å². The Kier molecular flexibility index (Phi) is 6.49. The van der Waals surface area contributed by atoms with Crippen molar-refractivity contribution in [2.45, 2.75) is 17.3 Å². The van der Waals surface area contributed by atoms with Crippen molar-refractivity contribution in [3.8, 4) is 0 Å². The number of rotatable bonds is 3. The maximum absolute atomic E-state index is 8.21. The van der Waals surface area contributed by atoms with E-state index in [1.54, 1.807) is 22.5 Å². The molecule has 0 saturated heterocycles. The number of aliphatic hydroxyl groups is 1. The molecule has 0 saturated carbocycles. The molecule has 2 heteroatoms. The van der Waals surface area contributed by atoms with Crippen LogP contribution in [0.5, 0.6) is 0 Å². The number of aliphatic hydroxyl groups excluding tert-OH is 1. The van der Waals surface area contributed by atoms with E-state index in [4.69, 9.17) is 5.11 Å². The van der Waals surface area contributed by atoms with Crippen molar-refractivity contribution in [3.05, 3.63) is 0 Å². The van der Waals surface area contributed by atoms with E-state index in [9.17, 15) is 0 Å². The molecule has 0 aromatic carbocycles. The first-order chi connectivity index (χ1) is 2.91. The topological polar surface area (TPSA) is 20.2 Å². The first-order valence-electron chi connectivity index (χ1n) is 2.17. The van der Waals surface area contributed by atoms with Crippen molar-refractivity contribution < 1.29 is 5.11 Å². The Labute approximate surface area is 51.8 Å². The molecule has 1 N–H and O–H groups in total. The van der Waals surface area contributed by atoms with Gasteiger partial charge in [-0.05, 0) is 0 Å². The van der Waals surface area contributed by atoms with Crippen LogP contribution in [-0.2, 0) is 0 Å². The molecule has 6 heavy (non-hydrogen) atoms. The predicted molar refractivity (Wildman–Crippen MR) is 26.9 cm³/mol.